The van der Waals surface area contributed by atoms with Gasteiger partial charge in [-0.15, -0.1) is 0 Å². The molecule has 0 amide bonds. The number of hydrogen-bond acceptors (Lipinski definition) is 2. The summed E-state index contributed by atoms with van der Waals surface area (Å²) in [5.74, 6) is -1.04. The molecule has 1 aliphatic carbocycles. The average Bonchev–Trinajstić information content (AvgIpc) is 2.74. The topological polar surface area (TPSA) is 66.0 Å². The molecule has 16 heavy (non-hydrogen) atoms. The van der Waals surface area contributed by atoms with Crippen molar-refractivity contribution in [3.63, 3.8) is 0 Å². The third kappa shape index (κ3) is 1.77. The van der Waals surface area contributed by atoms with Crippen molar-refractivity contribution in [3.8, 4) is 0 Å². The minimum Gasteiger partial charge on any atom is -0.481 e. The first-order valence-corrected chi connectivity index (χ1v) is 4.68. The Kier molecular flexibility index (Phi) is 2.21. The van der Waals surface area contributed by atoms with Gasteiger partial charge in [0.25, 0.3) is 0 Å². The molecule has 0 radical (unpaired) electrons. The Hall–Kier alpha value is -1.53. The van der Waals surface area contributed by atoms with E-state index in [-0.39, 0.29) is 12.0 Å². The lowest BCUT2D eigenvalue weighted by Crippen LogP contribution is -2.19. The van der Waals surface area contributed by atoms with Crippen LogP contribution in [0.15, 0.2) is 6.20 Å². The van der Waals surface area contributed by atoms with Crippen LogP contribution in [0.1, 0.15) is 24.1 Å². The van der Waals surface area contributed by atoms with E-state index in [2.05, 4.69) is 5.10 Å². The summed E-state index contributed by atoms with van der Waals surface area (Å²) in [6.45, 7) is 0. The lowest BCUT2D eigenvalue weighted by atomic mass is 9.97. The lowest BCUT2D eigenvalue weighted by Gasteiger charge is -2.11. The molecule has 1 aromatic heterocycles. The number of carboxylic acid groups (broad SMARTS) is 1. The Bertz CT molecular complexity index is 421. The highest BCUT2D eigenvalue weighted by atomic mass is 19.4. The first-order valence-electron chi connectivity index (χ1n) is 4.68. The van der Waals surface area contributed by atoms with Gasteiger partial charge in [0.15, 0.2) is 0 Å². The molecule has 0 aliphatic heterocycles. The molecule has 1 fully saturated rings. The first-order chi connectivity index (χ1) is 7.35. The number of rotatable bonds is 3. The van der Waals surface area contributed by atoms with Crippen LogP contribution in [-0.4, -0.2) is 21.3 Å². The highest BCUT2D eigenvalue weighted by molar-refractivity contribution is 5.78. The van der Waals surface area contributed by atoms with Gasteiger partial charge in [0, 0.05) is 5.56 Å². The van der Waals surface area contributed by atoms with Crippen molar-refractivity contribution >= 4 is 5.97 Å². The largest absolute Gasteiger partial charge is 0.481 e. The maximum Gasteiger partial charge on any atom is 0.433 e. The normalized spacial score (nSPS) is 18.4. The van der Waals surface area contributed by atoms with Gasteiger partial charge >= 0.3 is 12.1 Å². The van der Waals surface area contributed by atoms with Crippen LogP contribution in [0.4, 0.5) is 13.2 Å². The molecule has 7 heteroatoms. The minimum absolute atomic E-state index is 0.0765. The molecule has 0 bridgehead atoms. The summed E-state index contributed by atoms with van der Waals surface area (Å²) >= 11 is 0. The molecule has 1 saturated carbocycles. The molecular formula is C9H9F3N2O2. The number of aromatic nitrogens is 2. The van der Waals surface area contributed by atoms with Crippen LogP contribution in [0.5, 0.6) is 0 Å². The van der Waals surface area contributed by atoms with Gasteiger partial charge in [0.1, 0.15) is 5.69 Å². The summed E-state index contributed by atoms with van der Waals surface area (Å²) in [5.41, 5.74) is -2.03. The second-order valence-electron chi connectivity index (χ2n) is 4.03. The number of H-pyrrole nitrogens is 1. The lowest BCUT2D eigenvalue weighted by molar-refractivity contribution is -0.145. The molecule has 0 aromatic carbocycles. The van der Waals surface area contributed by atoms with E-state index < -0.39 is 23.3 Å². The number of halogens is 3. The van der Waals surface area contributed by atoms with Gasteiger partial charge in [-0.05, 0) is 19.3 Å². The standard InChI is InChI=1S/C9H9F3N2O2/c10-9(11,12)6-5(4-13-14-6)3-8(1-2-8)7(15)16/h4H,1-3H2,(H,13,14)(H,15,16). The van der Waals surface area contributed by atoms with Gasteiger partial charge in [-0.2, -0.15) is 18.3 Å². The highest BCUT2D eigenvalue weighted by Gasteiger charge is 2.51. The molecule has 2 N–H and O–H groups in total. The van der Waals surface area contributed by atoms with Crippen LogP contribution in [-0.2, 0) is 17.4 Å². The zero-order valence-electron chi connectivity index (χ0n) is 8.14. The molecule has 1 aliphatic rings. The fraction of sp³-hybridized carbons (Fsp3) is 0.556. The molecule has 1 heterocycles. The molecule has 88 valence electrons. The number of carboxylic acids is 1. The molecule has 0 saturated heterocycles. The van der Waals surface area contributed by atoms with Crippen molar-refractivity contribution in [1.29, 1.82) is 0 Å². The fourth-order valence-corrected chi connectivity index (χ4v) is 1.67. The Balaban J connectivity index is 2.23. The quantitative estimate of drug-likeness (QED) is 0.838. The predicted octanol–water partition coefficient (Wildman–Crippen LogP) is 1.84. The number of hydrogen-bond donors (Lipinski definition) is 2. The number of alkyl halides is 3. The van der Waals surface area contributed by atoms with Crippen LogP contribution in [0.3, 0.4) is 0 Å². The summed E-state index contributed by atoms with van der Waals surface area (Å²) in [5, 5.41) is 14.1. The number of nitrogens with one attached hydrogen (secondary N) is 1. The first kappa shape index (κ1) is 11.0. The van der Waals surface area contributed by atoms with Gasteiger partial charge in [-0.1, -0.05) is 0 Å². The van der Waals surface area contributed by atoms with E-state index in [0.29, 0.717) is 12.8 Å². The smallest absolute Gasteiger partial charge is 0.433 e. The molecule has 2 rings (SSSR count). The Labute approximate surface area is 88.5 Å². The van der Waals surface area contributed by atoms with Crippen molar-refractivity contribution in [2.24, 2.45) is 5.41 Å². The zero-order valence-corrected chi connectivity index (χ0v) is 8.14. The van der Waals surface area contributed by atoms with E-state index >= 15 is 0 Å². The molecule has 4 nitrogen and oxygen atoms in total. The van der Waals surface area contributed by atoms with E-state index in [1.165, 1.54) is 0 Å². The van der Waals surface area contributed by atoms with Crippen molar-refractivity contribution in [3.05, 3.63) is 17.5 Å². The van der Waals surface area contributed by atoms with Crippen LogP contribution in [0.2, 0.25) is 0 Å². The van der Waals surface area contributed by atoms with E-state index in [1.807, 2.05) is 5.10 Å². The van der Waals surface area contributed by atoms with E-state index in [4.69, 9.17) is 5.11 Å². The number of aliphatic carboxylic acids is 1. The van der Waals surface area contributed by atoms with Gasteiger partial charge in [0.05, 0.1) is 11.6 Å². The van der Waals surface area contributed by atoms with Crippen molar-refractivity contribution in [2.45, 2.75) is 25.4 Å². The minimum atomic E-state index is -4.51. The Morgan fingerprint density at radius 1 is 1.56 bits per heavy atom. The summed E-state index contributed by atoms with van der Waals surface area (Å²) < 4.78 is 37.4. The third-order valence-corrected chi connectivity index (χ3v) is 2.84. The zero-order chi connectivity index (χ0) is 12.0. The number of nitrogens with zero attached hydrogens (tertiary/aromatic N) is 1. The molecular weight excluding hydrogens is 225 g/mol. The summed E-state index contributed by atoms with van der Waals surface area (Å²) in [6.07, 6.45) is -2.74. The Morgan fingerprint density at radius 2 is 2.19 bits per heavy atom. The third-order valence-electron chi connectivity index (χ3n) is 2.84. The van der Waals surface area contributed by atoms with Crippen molar-refractivity contribution in [2.75, 3.05) is 0 Å². The second-order valence-corrected chi connectivity index (χ2v) is 4.03. The number of carbonyl (C=O) groups is 1. The SMILES string of the molecule is O=C(O)C1(Cc2cn[nH]c2C(F)(F)F)CC1. The van der Waals surface area contributed by atoms with Gasteiger partial charge in [-0.25, -0.2) is 0 Å². The highest BCUT2D eigenvalue weighted by Crippen LogP contribution is 2.49. The summed E-state index contributed by atoms with van der Waals surface area (Å²) in [7, 11) is 0. The number of aromatic amines is 1. The van der Waals surface area contributed by atoms with Gasteiger partial charge in [0.2, 0.25) is 0 Å². The second kappa shape index (κ2) is 3.23. The fourth-order valence-electron chi connectivity index (χ4n) is 1.67. The van der Waals surface area contributed by atoms with Crippen LogP contribution >= 0.6 is 0 Å². The van der Waals surface area contributed by atoms with Gasteiger partial charge in [-0.3, -0.25) is 9.89 Å². The maximum absolute atomic E-state index is 12.5. The van der Waals surface area contributed by atoms with Crippen LogP contribution in [0, 0.1) is 5.41 Å². The maximum atomic E-state index is 12.5. The predicted molar refractivity (Wildman–Crippen MR) is 46.6 cm³/mol. The van der Waals surface area contributed by atoms with E-state index in [1.54, 1.807) is 0 Å². The Morgan fingerprint density at radius 3 is 2.62 bits per heavy atom. The summed E-state index contributed by atoms with van der Waals surface area (Å²) in [4.78, 5) is 10.9. The molecule has 0 spiro atoms. The average molecular weight is 234 g/mol. The monoisotopic (exact) mass is 234 g/mol. The van der Waals surface area contributed by atoms with Crippen molar-refractivity contribution < 1.29 is 23.1 Å². The molecule has 1 aromatic rings. The van der Waals surface area contributed by atoms with E-state index in [0.717, 1.165) is 6.20 Å². The molecule has 0 unspecified atom stereocenters. The van der Waals surface area contributed by atoms with Crippen LogP contribution in [0.25, 0.3) is 0 Å². The van der Waals surface area contributed by atoms with Crippen LogP contribution < -0.4 is 0 Å². The summed E-state index contributed by atoms with van der Waals surface area (Å²) in [6, 6.07) is 0. The van der Waals surface area contributed by atoms with Gasteiger partial charge < -0.3 is 5.11 Å². The van der Waals surface area contributed by atoms with E-state index in [9.17, 15) is 18.0 Å². The van der Waals surface area contributed by atoms with Crippen molar-refractivity contribution in [1.82, 2.24) is 10.2 Å². The molecule has 0 atom stereocenters.